The van der Waals surface area contributed by atoms with Crippen molar-refractivity contribution < 1.29 is 4.79 Å². The molecule has 7 nitrogen and oxygen atoms in total. The normalized spacial score (nSPS) is 14.4. The molecule has 1 saturated heterocycles. The number of hydrogen-bond donors (Lipinski definition) is 2. The molecule has 1 amide bonds. The second-order valence-corrected chi connectivity index (χ2v) is 8.15. The minimum Gasteiger partial charge on any atom is -0.341 e. The number of nitrogens with one attached hydrogen (secondary N) is 2. The standard InChI is InChI=1S/C23H25ClN6O/c1-15-20(27-16(2)31)7-4-8-21(15)28-22-25-14-26-23(29-22)30-11-9-17(10-12-30)18-5-3-6-19(24)13-18/h3-8,13-14,17H,9-12H2,1-2H3,(H,27,31)(H,25,26,28,29). The van der Waals surface area contributed by atoms with Crippen LogP contribution in [0.5, 0.6) is 0 Å². The summed E-state index contributed by atoms with van der Waals surface area (Å²) in [5.41, 5.74) is 3.81. The first-order chi connectivity index (χ1) is 15.0. The van der Waals surface area contributed by atoms with E-state index in [1.807, 2.05) is 37.3 Å². The third kappa shape index (κ3) is 5.11. The highest BCUT2D eigenvalue weighted by Gasteiger charge is 2.22. The fourth-order valence-electron chi connectivity index (χ4n) is 3.89. The quantitative estimate of drug-likeness (QED) is 0.590. The summed E-state index contributed by atoms with van der Waals surface area (Å²) < 4.78 is 0. The maximum absolute atomic E-state index is 11.4. The average molecular weight is 437 g/mol. The monoisotopic (exact) mass is 436 g/mol. The lowest BCUT2D eigenvalue weighted by atomic mass is 9.89. The predicted octanol–water partition coefficient (Wildman–Crippen LogP) is 4.92. The van der Waals surface area contributed by atoms with E-state index < -0.39 is 0 Å². The van der Waals surface area contributed by atoms with Crippen molar-refractivity contribution in [3.63, 3.8) is 0 Å². The number of carbonyl (C=O) groups is 1. The average Bonchev–Trinajstić information content (AvgIpc) is 2.77. The summed E-state index contributed by atoms with van der Waals surface area (Å²) in [7, 11) is 0. The van der Waals surface area contributed by atoms with E-state index in [2.05, 4.69) is 42.6 Å². The van der Waals surface area contributed by atoms with Crippen molar-refractivity contribution in [1.82, 2.24) is 15.0 Å². The van der Waals surface area contributed by atoms with Crippen LogP contribution < -0.4 is 15.5 Å². The molecule has 31 heavy (non-hydrogen) atoms. The zero-order valence-electron chi connectivity index (χ0n) is 17.6. The molecular formula is C23H25ClN6O. The zero-order chi connectivity index (χ0) is 21.8. The van der Waals surface area contributed by atoms with E-state index in [0.717, 1.165) is 47.9 Å². The van der Waals surface area contributed by atoms with E-state index >= 15 is 0 Å². The van der Waals surface area contributed by atoms with Gasteiger partial charge in [0.2, 0.25) is 17.8 Å². The molecule has 0 saturated carbocycles. The number of amides is 1. The summed E-state index contributed by atoms with van der Waals surface area (Å²) in [6, 6.07) is 13.8. The smallest absolute Gasteiger partial charge is 0.232 e. The van der Waals surface area contributed by atoms with Gasteiger partial charge in [-0.05, 0) is 61.1 Å². The van der Waals surface area contributed by atoms with E-state index in [0.29, 0.717) is 17.8 Å². The Balaban J connectivity index is 1.44. The van der Waals surface area contributed by atoms with E-state index in [9.17, 15) is 4.79 Å². The van der Waals surface area contributed by atoms with E-state index in [4.69, 9.17) is 11.6 Å². The van der Waals surface area contributed by atoms with E-state index in [-0.39, 0.29) is 5.91 Å². The molecule has 0 atom stereocenters. The van der Waals surface area contributed by atoms with Gasteiger partial charge in [-0.1, -0.05) is 29.8 Å². The summed E-state index contributed by atoms with van der Waals surface area (Å²) in [6.07, 6.45) is 3.57. The third-order valence-corrected chi connectivity index (χ3v) is 5.78. The van der Waals surface area contributed by atoms with Crippen LogP contribution in [0.25, 0.3) is 0 Å². The first-order valence-electron chi connectivity index (χ1n) is 10.3. The van der Waals surface area contributed by atoms with Crippen LogP contribution in [-0.2, 0) is 4.79 Å². The Morgan fingerprint density at radius 3 is 2.58 bits per heavy atom. The molecule has 2 N–H and O–H groups in total. The van der Waals surface area contributed by atoms with Crippen molar-refractivity contribution >= 4 is 40.8 Å². The van der Waals surface area contributed by atoms with Crippen LogP contribution in [0.2, 0.25) is 5.02 Å². The lowest BCUT2D eigenvalue weighted by molar-refractivity contribution is -0.114. The molecule has 0 spiro atoms. The predicted molar refractivity (Wildman–Crippen MR) is 124 cm³/mol. The molecule has 160 valence electrons. The molecule has 0 bridgehead atoms. The molecule has 0 radical (unpaired) electrons. The van der Waals surface area contributed by atoms with Crippen LogP contribution in [0.1, 0.15) is 36.8 Å². The first kappa shape index (κ1) is 21.1. The van der Waals surface area contributed by atoms with Crippen molar-refractivity contribution in [2.45, 2.75) is 32.6 Å². The van der Waals surface area contributed by atoms with Gasteiger partial charge in [0.25, 0.3) is 0 Å². The molecule has 1 aliphatic rings. The van der Waals surface area contributed by atoms with Crippen LogP contribution in [0.3, 0.4) is 0 Å². The topological polar surface area (TPSA) is 83.0 Å². The van der Waals surface area contributed by atoms with Crippen molar-refractivity contribution in [3.05, 3.63) is 64.9 Å². The lowest BCUT2D eigenvalue weighted by Gasteiger charge is -2.32. The molecule has 0 unspecified atom stereocenters. The van der Waals surface area contributed by atoms with Gasteiger partial charge in [0, 0.05) is 36.4 Å². The number of halogens is 1. The molecule has 1 aromatic heterocycles. The third-order valence-electron chi connectivity index (χ3n) is 5.55. The molecule has 3 aromatic rings. The summed E-state index contributed by atoms with van der Waals surface area (Å²) >= 11 is 6.15. The Morgan fingerprint density at radius 1 is 1.10 bits per heavy atom. The number of benzene rings is 2. The maximum atomic E-state index is 11.4. The molecule has 1 fully saturated rings. The summed E-state index contributed by atoms with van der Waals surface area (Å²) in [5, 5.41) is 6.87. The lowest BCUT2D eigenvalue weighted by Crippen LogP contribution is -2.34. The number of piperidine rings is 1. The second kappa shape index (κ2) is 9.31. The van der Waals surface area contributed by atoms with Crippen LogP contribution in [0, 0.1) is 6.92 Å². The highest BCUT2D eigenvalue weighted by atomic mass is 35.5. The molecule has 8 heteroatoms. The van der Waals surface area contributed by atoms with Gasteiger partial charge in [0.15, 0.2) is 0 Å². The van der Waals surface area contributed by atoms with Crippen LogP contribution in [-0.4, -0.2) is 33.9 Å². The van der Waals surface area contributed by atoms with Gasteiger partial charge in [0.05, 0.1) is 0 Å². The number of hydrogen-bond acceptors (Lipinski definition) is 6. The molecule has 0 aliphatic carbocycles. The molecule has 4 rings (SSSR count). The van der Waals surface area contributed by atoms with Gasteiger partial charge in [-0.2, -0.15) is 4.98 Å². The van der Waals surface area contributed by atoms with Crippen molar-refractivity contribution in [2.75, 3.05) is 28.6 Å². The van der Waals surface area contributed by atoms with Crippen LogP contribution in [0.15, 0.2) is 48.8 Å². The number of carbonyl (C=O) groups excluding carboxylic acids is 1. The molecule has 2 aromatic carbocycles. The van der Waals surface area contributed by atoms with Crippen molar-refractivity contribution in [1.29, 1.82) is 0 Å². The number of rotatable bonds is 5. The summed E-state index contributed by atoms with van der Waals surface area (Å²) in [5.74, 6) is 1.53. The zero-order valence-corrected chi connectivity index (χ0v) is 18.4. The van der Waals surface area contributed by atoms with Gasteiger partial charge in [0.1, 0.15) is 6.33 Å². The van der Waals surface area contributed by atoms with Gasteiger partial charge in [-0.25, -0.2) is 9.97 Å². The maximum Gasteiger partial charge on any atom is 0.232 e. The Kier molecular flexibility index (Phi) is 6.32. The molecular weight excluding hydrogens is 412 g/mol. The second-order valence-electron chi connectivity index (χ2n) is 7.71. The minimum absolute atomic E-state index is 0.108. The van der Waals surface area contributed by atoms with Gasteiger partial charge in [-0.15, -0.1) is 0 Å². The minimum atomic E-state index is -0.108. The Morgan fingerprint density at radius 2 is 1.84 bits per heavy atom. The molecule has 1 aliphatic heterocycles. The molecule has 2 heterocycles. The number of aromatic nitrogens is 3. The van der Waals surface area contributed by atoms with Gasteiger partial charge < -0.3 is 15.5 Å². The fraction of sp³-hybridized carbons (Fsp3) is 0.304. The van der Waals surface area contributed by atoms with Crippen molar-refractivity contribution in [3.8, 4) is 0 Å². The first-order valence-corrected chi connectivity index (χ1v) is 10.7. The summed E-state index contributed by atoms with van der Waals surface area (Å²) in [6.45, 7) is 5.18. The largest absolute Gasteiger partial charge is 0.341 e. The highest BCUT2D eigenvalue weighted by Crippen LogP contribution is 2.31. The summed E-state index contributed by atoms with van der Waals surface area (Å²) in [4.78, 5) is 26.9. The Bertz CT molecular complexity index is 1080. The fourth-order valence-corrected chi connectivity index (χ4v) is 4.09. The van der Waals surface area contributed by atoms with E-state index in [1.54, 1.807) is 0 Å². The SMILES string of the molecule is CC(=O)Nc1cccc(Nc2ncnc(N3CCC(c4cccc(Cl)c4)CC3)n2)c1C. The Hall–Kier alpha value is -3.19. The van der Waals surface area contributed by atoms with E-state index in [1.165, 1.54) is 18.8 Å². The van der Waals surface area contributed by atoms with Crippen LogP contribution >= 0.6 is 11.6 Å². The Labute approximate surface area is 186 Å². The highest BCUT2D eigenvalue weighted by molar-refractivity contribution is 6.30. The number of anilines is 4. The van der Waals surface area contributed by atoms with Gasteiger partial charge in [-0.3, -0.25) is 4.79 Å². The van der Waals surface area contributed by atoms with Crippen LogP contribution in [0.4, 0.5) is 23.3 Å². The van der Waals surface area contributed by atoms with Crippen molar-refractivity contribution in [2.24, 2.45) is 0 Å². The number of nitrogens with zero attached hydrogens (tertiary/aromatic N) is 4. The van der Waals surface area contributed by atoms with Gasteiger partial charge >= 0.3 is 0 Å².